The molecule has 1 aliphatic heterocycles. The molecule has 59 heavy (non-hydrogen) atoms. The molecule has 0 spiro atoms. The van der Waals surface area contributed by atoms with Gasteiger partial charge in [0.05, 0.1) is 11.5 Å². The van der Waals surface area contributed by atoms with E-state index in [4.69, 9.17) is 4.74 Å². The Morgan fingerprint density at radius 1 is 1.00 bits per heavy atom. The summed E-state index contributed by atoms with van der Waals surface area (Å²) in [6, 6.07) is 5.43. The second-order valence-electron chi connectivity index (χ2n) is 21.6. The first-order valence-corrected chi connectivity index (χ1v) is 24.6. The van der Waals surface area contributed by atoms with Crippen molar-refractivity contribution in [2.45, 2.75) is 124 Å². The Morgan fingerprint density at radius 3 is 2.44 bits per heavy atom. The highest BCUT2D eigenvalue weighted by atomic mass is 32.2. The van der Waals surface area contributed by atoms with E-state index < -0.39 is 21.2 Å². The molecule has 0 amide bonds. The molecule has 10 atom stereocenters. The maximum atomic E-state index is 12.8. The Kier molecular flexibility index (Phi) is 10.9. The van der Waals surface area contributed by atoms with Crippen molar-refractivity contribution < 1.29 is 23.1 Å². The van der Waals surface area contributed by atoms with Crippen LogP contribution in [0.2, 0.25) is 0 Å². The molecule has 1 saturated heterocycles. The largest absolute Gasteiger partial charge is 0.481 e. The molecule has 7 aliphatic rings. The number of ether oxygens (including phenoxy) is 1. The Labute approximate surface area is 354 Å². The Hall–Kier alpha value is -3.00. The lowest BCUT2D eigenvalue weighted by molar-refractivity contribution is -0.221. The predicted octanol–water partition coefficient (Wildman–Crippen LogP) is 8.78. The highest BCUT2D eigenvalue weighted by molar-refractivity contribution is 7.91. The average molecular weight is 827 g/mol. The van der Waals surface area contributed by atoms with E-state index in [1.165, 1.54) is 68.1 Å². The molecular weight excluding hydrogens is 757 g/mol. The van der Waals surface area contributed by atoms with Gasteiger partial charge in [0.2, 0.25) is 5.88 Å². The molecule has 0 bridgehead atoms. The van der Waals surface area contributed by atoms with Gasteiger partial charge < -0.3 is 20.1 Å². The number of aromatic nitrogens is 1. The van der Waals surface area contributed by atoms with Gasteiger partial charge in [-0.05, 0) is 159 Å². The summed E-state index contributed by atoms with van der Waals surface area (Å²) in [5, 5.41) is 24.2. The van der Waals surface area contributed by atoms with Gasteiger partial charge in [0, 0.05) is 37.9 Å². The fourth-order valence-corrected chi connectivity index (χ4v) is 16.6. The van der Waals surface area contributed by atoms with Crippen LogP contribution < -0.4 is 10.1 Å². The molecule has 0 aromatic carbocycles. The van der Waals surface area contributed by atoms with Gasteiger partial charge in [-0.15, -0.1) is 0 Å². The number of aliphatic carboxylic acids is 1. The van der Waals surface area contributed by atoms with E-state index in [1.54, 1.807) is 18.3 Å². The summed E-state index contributed by atoms with van der Waals surface area (Å²) in [7, 11) is -2.88. The lowest BCUT2D eigenvalue weighted by Gasteiger charge is -2.72. The number of carbonyl (C=O) groups is 1. The average Bonchev–Trinajstić information content (AvgIpc) is 3.58. The fraction of sp³-hybridized carbons (Fsp3) is 0.735. The Balaban J connectivity index is 1.01. The van der Waals surface area contributed by atoms with Gasteiger partial charge >= 0.3 is 5.97 Å². The SMILES string of the molecule is C=C(C)[C@@H]1CC[C@]2(NCCN3CCS(=O)(=O)CC3)CC[C@]3(C)[C@H](CCC4[C@@]5(C)CC=C(C6=CC[C@@](COc7ncccc7C#N)(C(=O)O)CC6)C(C)(C)C5CC[C@]43C)C12. The van der Waals surface area contributed by atoms with E-state index in [1.807, 2.05) is 0 Å². The standard InChI is InChI=1S/C49H70N4O5S/c1-33(2)36-14-21-49(52-25-26-53-27-29-59(56,57)30-28-53)23-22-46(6)38(41(36)49)10-11-40-45(5)17-15-37(44(3,4)39(45)16-18-47(40,46)7)34-12-19-48(20-13-34,43(54)55)32-58-42-35(31-50)9-8-24-51-42/h8-9,12,15,24,36,38-41,52H,1,10-11,13-14,16-23,25-30,32H2,2-7H3,(H,54,55)/t36-,38+,39?,40?,41?,45-,46+,47+,48+,49-/m0/s1. The van der Waals surface area contributed by atoms with Gasteiger partial charge in [0.1, 0.15) is 23.7 Å². The molecule has 2 heterocycles. The minimum Gasteiger partial charge on any atom is -0.481 e. The third kappa shape index (κ3) is 6.87. The van der Waals surface area contributed by atoms with Crippen molar-refractivity contribution in [1.29, 1.82) is 5.26 Å². The van der Waals surface area contributed by atoms with Gasteiger partial charge in [0.25, 0.3) is 0 Å². The first-order valence-electron chi connectivity index (χ1n) is 22.8. The van der Waals surface area contributed by atoms with Crippen LogP contribution in [0.4, 0.5) is 0 Å². The van der Waals surface area contributed by atoms with E-state index in [9.17, 15) is 23.6 Å². The fourth-order valence-electron chi connectivity index (χ4n) is 15.4. The normalized spacial score (nSPS) is 41.1. The second kappa shape index (κ2) is 15.1. The van der Waals surface area contributed by atoms with Gasteiger partial charge in [-0.25, -0.2) is 13.4 Å². The number of allylic oxidation sites excluding steroid dienone is 5. The maximum absolute atomic E-state index is 12.8. The molecule has 8 rings (SSSR count). The minimum atomic E-state index is -2.88. The van der Waals surface area contributed by atoms with Crippen LogP contribution in [0.1, 0.15) is 124 Å². The first kappa shape index (κ1) is 42.7. The lowest BCUT2D eigenvalue weighted by Crippen LogP contribution is -2.68. The molecule has 1 aromatic rings. The molecule has 5 fully saturated rings. The van der Waals surface area contributed by atoms with Crippen LogP contribution in [0.3, 0.4) is 0 Å². The molecule has 4 saturated carbocycles. The number of rotatable bonds is 10. The smallest absolute Gasteiger partial charge is 0.313 e. The summed E-state index contributed by atoms with van der Waals surface area (Å²) < 4.78 is 30.1. The number of nitriles is 1. The third-order valence-electron chi connectivity index (χ3n) is 18.8. The Bertz CT molecular complexity index is 2060. The summed E-state index contributed by atoms with van der Waals surface area (Å²) in [5.41, 5.74) is 4.09. The number of hydrogen-bond acceptors (Lipinski definition) is 8. The molecule has 322 valence electrons. The molecular formula is C49H70N4O5S. The van der Waals surface area contributed by atoms with E-state index in [2.05, 4.69) is 81.5 Å². The van der Waals surface area contributed by atoms with Crippen molar-refractivity contribution in [3.63, 3.8) is 0 Å². The van der Waals surface area contributed by atoms with Crippen molar-refractivity contribution in [2.24, 2.45) is 56.7 Å². The van der Waals surface area contributed by atoms with Crippen LogP contribution in [0, 0.1) is 68.0 Å². The minimum absolute atomic E-state index is 0.0149. The number of sulfone groups is 1. The zero-order chi connectivity index (χ0) is 42.2. The summed E-state index contributed by atoms with van der Waals surface area (Å²) in [6.45, 7) is 23.0. The maximum Gasteiger partial charge on any atom is 0.313 e. The molecule has 10 heteroatoms. The van der Waals surface area contributed by atoms with Crippen LogP contribution >= 0.6 is 0 Å². The quantitative estimate of drug-likeness (QED) is 0.222. The van der Waals surface area contributed by atoms with Crippen LogP contribution in [0.5, 0.6) is 5.88 Å². The third-order valence-corrected chi connectivity index (χ3v) is 20.4. The topological polar surface area (TPSA) is 133 Å². The number of carboxylic acids is 1. The molecule has 0 radical (unpaired) electrons. The van der Waals surface area contributed by atoms with Gasteiger partial charge in [-0.2, -0.15) is 5.26 Å². The highest BCUT2D eigenvalue weighted by Gasteiger charge is 2.70. The Morgan fingerprint density at radius 2 is 1.76 bits per heavy atom. The summed E-state index contributed by atoms with van der Waals surface area (Å²) in [4.78, 5) is 19.4. The van der Waals surface area contributed by atoms with Crippen molar-refractivity contribution in [3.8, 4) is 11.9 Å². The van der Waals surface area contributed by atoms with Crippen molar-refractivity contribution in [2.75, 3.05) is 44.3 Å². The van der Waals surface area contributed by atoms with Crippen LogP contribution in [-0.2, 0) is 14.6 Å². The predicted molar refractivity (Wildman–Crippen MR) is 232 cm³/mol. The zero-order valence-corrected chi connectivity index (χ0v) is 37.6. The first-order chi connectivity index (χ1) is 27.8. The lowest BCUT2D eigenvalue weighted by atomic mass is 9.33. The molecule has 3 unspecified atom stereocenters. The summed E-state index contributed by atoms with van der Waals surface area (Å²) in [5.74, 6) is 2.85. The summed E-state index contributed by atoms with van der Waals surface area (Å²) >= 11 is 0. The van der Waals surface area contributed by atoms with Crippen molar-refractivity contribution in [3.05, 3.63) is 59.3 Å². The number of nitrogens with zero attached hydrogens (tertiary/aromatic N) is 3. The summed E-state index contributed by atoms with van der Waals surface area (Å²) in [6.07, 6.45) is 18.9. The van der Waals surface area contributed by atoms with Crippen LogP contribution in [0.15, 0.2) is 53.8 Å². The molecule has 1 aromatic heterocycles. The monoisotopic (exact) mass is 827 g/mol. The number of carboxylic acid groups (broad SMARTS) is 1. The van der Waals surface area contributed by atoms with E-state index in [0.717, 1.165) is 19.5 Å². The van der Waals surface area contributed by atoms with E-state index in [0.29, 0.717) is 67.5 Å². The van der Waals surface area contributed by atoms with E-state index >= 15 is 0 Å². The van der Waals surface area contributed by atoms with Gasteiger partial charge in [0.15, 0.2) is 9.84 Å². The number of pyridine rings is 1. The van der Waals surface area contributed by atoms with Crippen LogP contribution in [0.25, 0.3) is 0 Å². The number of hydrogen-bond donors (Lipinski definition) is 2. The van der Waals surface area contributed by atoms with Gasteiger partial charge in [-0.1, -0.05) is 58.9 Å². The van der Waals surface area contributed by atoms with E-state index in [-0.39, 0.29) is 51.2 Å². The number of nitrogens with one attached hydrogen (secondary N) is 1. The molecule has 6 aliphatic carbocycles. The van der Waals surface area contributed by atoms with Crippen molar-refractivity contribution >= 4 is 15.8 Å². The highest BCUT2D eigenvalue weighted by Crippen LogP contribution is 2.76. The number of fused-ring (bicyclic) bond motifs is 7. The molecule has 9 nitrogen and oxygen atoms in total. The second-order valence-corrected chi connectivity index (χ2v) is 23.9. The van der Waals surface area contributed by atoms with Crippen LogP contribution in [-0.4, -0.2) is 79.2 Å². The molecule has 2 N–H and O–H groups in total. The van der Waals surface area contributed by atoms with Gasteiger partial charge in [-0.3, -0.25) is 4.79 Å². The zero-order valence-electron chi connectivity index (χ0n) is 36.7. The van der Waals surface area contributed by atoms with Crippen molar-refractivity contribution in [1.82, 2.24) is 15.2 Å².